The number of aromatic nitrogens is 1. The fourth-order valence-electron chi connectivity index (χ4n) is 1.76. The van der Waals surface area contributed by atoms with Gasteiger partial charge in [0.15, 0.2) is 5.96 Å². The topological polar surface area (TPSA) is 49.3 Å². The van der Waals surface area contributed by atoms with Gasteiger partial charge in [-0.2, -0.15) is 11.8 Å². The van der Waals surface area contributed by atoms with E-state index in [-0.39, 0.29) is 24.0 Å². The van der Waals surface area contributed by atoms with Gasteiger partial charge in [-0.25, -0.2) is 4.98 Å². The quantitative estimate of drug-likeness (QED) is 0.267. The summed E-state index contributed by atoms with van der Waals surface area (Å²) in [5, 5.41) is 10.0. The molecule has 0 bridgehead atoms. The molecule has 21 heavy (non-hydrogen) atoms. The van der Waals surface area contributed by atoms with Crippen LogP contribution in [0.4, 0.5) is 0 Å². The average Bonchev–Trinajstić information content (AvgIpc) is 2.86. The van der Waals surface area contributed by atoms with Gasteiger partial charge >= 0.3 is 0 Å². The van der Waals surface area contributed by atoms with Crippen molar-refractivity contribution < 1.29 is 0 Å². The zero-order chi connectivity index (χ0) is 14.6. The number of hydrogen-bond acceptors (Lipinski definition) is 4. The van der Waals surface area contributed by atoms with Crippen molar-refractivity contribution in [2.45, 2.75) is 32.6 Å². The molecule has 122 valence electrons. The number of rotatable bonds is 9. The second-order valence-corrected chi connectivity index (χ2v) is 6.54. The van der Waals surface area contributed by atoms with E-state index in [0.29, 0.717) is 0 Å². The fraction of sp³-hybridized carbons (Fsp3) is 0.714. The van der Waals surface area contributed by atoms with Crippen molar-refractivity contribution in [3.05, 3.63) is 16.1 Å². The number of halogens is 1. The Labute approximate surface area is 154 Å². The second-order valence-electron chi connectivity index (χ2n) is 4.61. The van der Waals surface area contributed by atoms with Crippen LogP contribution in [0.15, 0.2) is 10.4 Å². The lowest BCUT2D eigenvalue weighted by Gasteiger charge is -2.11. The summed E-state index contributed by atoms with van der Waals surface area (Å²) < 4.78 is 0. The summed E-state index contributed by atoms with van der Waals surface area (Å²) in [6.45, 7) is 3.97. The van der Waals surface area contributed by atoms with Crippen molar-refractivity contribution in [3.8, 4) is 0 Å². The number of unbranched alkanes of at least 4 members (excludes halogenated alkanes) is 1. The van der Waals surface area contributed by atoms with Gasteiger partial charge in [-0.1, -0.05) is 0 Å². The molecule has 0 amide bonds. The maximum atomic E-state index is 4.47. The summed E-state index contributed by atoms with van der Waals surface area (Å²) in [6, 6.07) is 0. The first-order valence-electron chi connectivity index (χ1n) is 7.10. The van der Waals surface area contributed by atoms with Crippen LogP contribution in [0.5, 0.6) is 0 Å². The highest BCUT2D eigenvalue weighted by atomic mass is 127. The molecule has 1 heterocycles. The second kappa shape index (κ2) is 13.6. The van der Waals surface area contributed by atoms with Gasteiger partial charge in [-0.3, -0.25) is 4.99 Å². The number of aryl methyl sites for hydroxylation is 2. The molecule has 0 saturated carbocycles. The van der Waals surface area contributed by atoms with Crippen molar-refractivity contribution in [3.63, 3.8) is 0 Å². The summed E-state index contributed by atoms with van der Waals surface area (Å²) >= 11 is 3.65. The molecule has 0 radical (unpaired) electrons. The minimum atomic E-state index is 0. The first-order chi connectivity index (χ1) is 9.76. The number of nitrogens with zero attached hydrogens (tertiary/aromatic N) is 2. The highest BCUT2D eigenvalue weighted by Crippen LogP contribution is 2.10. The number of aliphatic imine (C=N–C) groups is 1. The Morgan fingerprint density at radius 1 is 1.29 bits per heavy atom. The van der Waals surface area contributed by atoms with Crippen LogP contribution in [-0.4, -0.2) is 43.1 Å². The number of nitrogens with one attached hydrogen (secondary N) is 2. The maximum Gasteiger partial charge on any atom is 0.190 e. The van der Waals surface area contributed by atoms with Crippen LogP contribution in [-0.2, 0) is 6.42 Å². The summed E-state index contributed by atoms with van der Waals surface area (Å²) in [5.41, 5.74) is 1.13. The highest BCUT2D eigenvalue weighted by Gasteiger charge is 2.00. The molecule has 0 aliphatic carbocycles. The minimum Gasteiger partial charge on any atom is -0.356 e. The molecule has 0 aliphatic rings. The van der Waals surface area contributed by atoms with Crippen LogP contribution in [0.3, 0.4) is 0 Å². The van der Waals surface area contributed by atoms with E-state index >= 15 is 0 Å². The smallest absolute Gasteiger partial charge is 0.190 e. The third-order valence-electron chi connectivity index (χ3n) is 2.82. The molecule has 1 rings (SSSR count). The van der Waals surface area contributed by atoms with Crippen LogP contribution >= 0.6 is 47.1 Å². The molecular weight excluding hydrogens is 415 g/mol. The van der Waals surface area contributed by atoms with Crippen molar-refractivity contribution in [2.75, 3.05) is 32.1 Å². The molecule has 0 aromatic carbocycles. The van der Waals surface area contributed by atoms with Crippen LogP contribution in [0.2, 0.25) is 0 Å². The van der Waals surface area contributed by atoms with E-state index in [2.05, 4.69) is 32.2 Å². The normalized spacial score (nSPS) is 11.1. The first-order valence-corrected chi connectivity index (χ1v) is 9.38. The van der Waals surface area contributed by atoms with Gasteiger partial charge in [0.2, 0.25) is 0 Å². The van der Waals surface area contributed by atoms with Gasteiger partial charge < -0.3 is 10.6 Å². The van der Waals surface area contributed by atoms with E-state index in [4.69, 9.17) is 0 Å². The third kappa shape index (κ3) is 10.4. The molecular formula is C14H27IN4S2. The molecule has 0 atom stereocenters. The summed E-state index contributed by atoms with van der Waals surface area (Å²) in [6.07, 6.45) is 6.72. The van der Waals surface area contributed by atoms with Gasteiger partial charge in [-0.15, -0.1) is 35.3 Å². The molecule has 2 N–H and O–H groups in total. The number of hydrogen-bond donors (Lipinski definition) is 2. The lowest BCUT2D eigenvalue weighted by molar-refractivity contribution is 0.712. The Morgan fingerprint density at radius 3 is 2.57 bits per heavy atom. The lowest BCUT2D eigenvalue weighted by atomic mass is 10.3. The predicted molar refractivity (Wildman–Crippen MR) is 108 cm³/mol. The van der Waals surface area contributed by atoms with E-state index < -0.39 is 0 Å². The van der Waals surface area contributed by atoms with Gasteiger partial charge in [0.25, 0.3) is 0 Å². The number of thioether (sulfide) groups is 1. The minimum absolute atomic E-state index is 0. The van der Waals surface area contributed by atoms with Crippen molar-refractivity contribution in [1.29, 1.82) is 0 Å². The Morgan fingerprint density at radius 2 is 2.00 bits per heavy atom. The van der Waals surface area contributed by atoms with Crippen LogP contribution in [0.1, 0.15) is 30.0 Å². The molecule has 0 saturated heterocycles. The summed E-state index contributed by atoms with van der Waals surface area (Å²) in [7, 11) is 1.82. The predicted octanol–water partition coefficient (Wildman–Crippen LogP) is 3.31. The van der Waals surface area contributed by atoms with Crippen molar-refractivity contribution in [2.24, 2.45) is 4.99 Å². The first kappa shape index (κ1) is 21.0. The van der Waals surface area contributed by atoms with Gasteiger partial charge in [0.1, 0.15) is 0 Å². The Balaban J connectivity index is 0.00000400. The van der Waals surface area contributed by atoms with Crippen LogP contribution in [0, 0.1) is 6.92 Å². The zero-order valence-electron chi connectivity index (χ0n) is 13.1. The van der Waals surface area contributed by atoms with E-state index in [1.54, 1.807) is 11.3 Å². The molecule has 1 aromatic rings. The molecule has 1 aromatic heterocycles. The van der Waals surface area contributed by atoms with E-state index in [1.165, 1.54) is 23.6 Å². The van der Waals surface area contributed by atoms with Crippen molar-refractivity contribution in [1.82, 2.24) is 15.6 Å². The van der Waals surface area contributed by atoms with Crippen molar-refractivity contribution >= 4 is 53.0 Å². The molecule has 0 fully saturated rings. The molecule has 0 spiro atoms. The molecule has 7 heteroatoms. The summed E-state index contributed by atoms with van der Waals surface area (Å²) in [5.74, 6) is 2.14. The maximum absolute atomic E-state index is 4.47. The molecule has 0 aliphatic heterocycles. The van der Waals surface area contributed by atoms with Gasteiger partial charge in [0.05, 0.1) is 5.01 Å². The summed E-state index contributed by atoms with van der Waals surface area (Å²) in [4.78, 5) is 8.70. The third-order valence-corrected chi connectivity index (χ3v) is 4.54. The van der Waals surface area contributed by atoms with Gasteiger partial charge in [0, 0.05) is 37.6 Å². The molecule has 4 nitrogen and oxygen atoms in total. The van der Waals surface area contributed by atoms with E-state index in [0.717, 1.165) is 37.6 Å². The largest absolute Gasteiger partial charge is 0.356 e. The Hall–Kier alpha value is -0.0200. The highest BCUT2D eigenvalue weighted by molar-refractivity contribution is 14.0. The van der Waals surface area contributed by atoms with Crippen LogP contribution < -0.4 is 10.6 Å². The average molecular weight is 442 g/mol. The standard InChI is InChI=1S/C14H26N4S2.HI/c1-12-11-20-13(18-12)7-6-9-17-14(15-2)16-8-4-5-10-19-3;/h11H,4-10H2,1-3H3,(H2,15,16,17);1H. The Bertz CT molecular complexity index is 396. The number of guanidine groups is 1. The SMILES string of the molecule is CN=C(NCCCCSC)NCCCc1nc(C)cs1.I. The number of thiazole rings is 1. The monoisotopic (exact) mass is 442 g/mol. The van der Waals surface area contributed by atoms with Gasteiger partial charge in [-0.05, 0) is 38.2 Å². The lowest BCUT2D eigenvalue weighted by Crippen LogP contribution is -2.38. The van der Waals surface area contributed by atoms with E-state index in [9.17, 15) is 0 Å². The Kier molecular flexibility index (Phi) is 13.6. The van der Waals surface area contributed by atoms with Crippen LogP contribution in [0.25, 0.3) is 0 Å². The zero-order valence-corrected chi connectivity index (χ0v) is 17.1. The molecule has 0 unspecified atom stereocenters. The van der Waals surface area contributed by atoms with E-state index in [1.807, 2.05) is 25.7 Å². The fourth-order valence-corrected chi connectivity index (χ4v) is 3.07.